The summed E-state index contributed by atoms with van der Waals surface area (Å²) in [5.74, 6) is 0.909. The molecule has 1 unspecified atom stereocenters. The highest BCUT2D eigenvalue weighted by molar-refractivity contribution is 9.10. The summed E-state index contributed by atoms with van der Waals surface area (Å²) >= 11 is 3.47. The predicted molar refractivity (Wildman–Crippen MR) is 73.7 cm³/mol. The van der Waals surface area contributed by atoms with Gasteiger partial charge in [-0.3, -0.25) is 0 Å². The van der Waals surface area contributed by atoms with Gasteiger partial charge in [-0.05, 0) is 37.6 Å². The van der Waals surface area contributed by atoms with E-state index in [4.69, 9.17) is 9.47 Å². The van der Waals surface area contributed by atoms with Gasteiger partial charge in [-0.15, -0.1) is 0 Å². The summed E-state index contributed by atoms with van der Waals surface area (Å²) in [5.41, 5.74) is 1.18. The Labute approximate surface area is 112 Å². The van der Waals surface area contributed by atoms with Gasteiger partial charge in [0.1, 0.15) is 11.9 Å². The first kappa shape index (κ1) is 14.5. The molecule has 17 heavy (non-hydrogen) atoms. The number of rotatable bonds is 7. The highest BCUT2D eigenvalue weighted by Crippen LogP contribution is 2.22. The van der Waals surface area contributed by atoms with Crippen molar-refractivity contribution < 1.29 is 9.47 Å². The minimum absolute atomic E-state index is 0.146. The summed E-state index contributed by atoms with van der Waals surface area (Å²) < 4.78 is 11.9. The summed E-state index contributed by atoms with van der Waals surface area (Å²) in [7, 11) is 1.70. The second-order valence-electron chi connectivity index (χ2n) is 4.04. The van der Waals surface area contributed by atoms with Crippen LogP contribution in [0.4, 0.5) is 0 Å². The van der Waals surface area contributed by atoms with Gasteiger partial charge in [0.15, 0.2) is 0 Å². The molecule has 1 N–H and O–H groups in total. The van der Waals surface area contributed by atoms with Gasteiger partial charge < -0.3 is 14.8 Å². The van der Waals surface area contributed by atoms with Crippen LogP contribution in [0.3, 0.4) is 0 Å². The molecular formula is C13H20BrNO2. The fraction of sp³-hybridized carbons (Fsp3) is 0.538. The van der Waals surface area contributed by atoms with Crippen LogP contribution in [0.5, 0.6) is 5.75 Å². The fourth-order valence-electron chi connectivity index (χ4n) is 1.44. The third-order valence-corrected chi connectivity index (χ3v) is 3.27. The lowest BCUT2D eigenvalue weighted by Crippen LogP contribution is -2.31. The van der Waals surface area contributed by atoms with Gasteiger partial charge in [0, 0.05) is 24.7 Å². The van der Waals surface area contributed by atoms with Crippen LogP contribution in [0, 0.1) is 6.92 Å². The van der Waals surface area contributed by atoms with Crippen LogP contribution in [-0.4, -0.2) is 32.9 Å². The van der Waals surface area contributed by atoms with E-state index in [9.17, 15) is 0 Å². The molecule has 0 aliphatic heterocycles. The highest BCUT2D eigenvalue weighted by atomic mass is 79.9. The largest absolute Gasteiger partial charge is 0.489 e. The van der Waals surface area contributed by atoms with E-state index in [0.29, 0.717) is 0 Å². The Kier molecular flexibility index (Phi) is 6.55. The van der Waals surface area contributed by atoms with Gasteiger partial charge in [0.2, 0.25) is 0 Å². The smallest absolute Gasteiger partial charge is 0.120 e. The molecule has 0 spiro atoms. The Morgan fingerprint density at radius 1 is 1.41 bits per heavy atom. The van der Waals surface area contributed by atoms with Crippen LogP contribution in [0.15, 0.2) is 22.7 Å². The summed E-state index contributed by atoms with van der Waals surface area (Å²) in [6.07, 6.45) is 0.146. The molecule has 0 radical (unpaired) electrons. The van der Waals surface area contributed by atoms with E-state index in [2.05, 4.69) is 35.1 Å². The molecule has 1 rings (SSSR count). The normalized spacial score (nSPS) is 12.5. The van der Waals surface area contributed by atoms with Crippen LogP contribution < -0.4 is 10.1 Å². The molecule has 0 bridgehead atoms. The van der Waals surface area contributed by atoms with E-state index in [1.807, 2.05) is 18.2 Å². The monoisotopic (exact) mass is 301 g/mol. The molecule has 1 aromatic carbocycles. The first-order chi connectivity index (χ1) is 8.13. The Balaban J connectivity index is 2.34. The van der Waals surface area contributed by atoms with Crippen molar-refractivity contribution in [2.45, 2.75) is 20.0 Å². The first-order valence-corrected chi connectivity index (χ1v) is 6.55. The molecule has 0 fully saturated rings. The number of aryl methyl sites for hydroxylation is 1. The van der Waals surface area contributed by atoms with E-state index in [0.717, 1.165) is 29.9 Å². The Bertz CT molecular complexity index is 344. The summed E-state index contributed by atoms with van der Waals surface area (Å²) in [6, 6.07) is 6.02. The van der Waals surface area contributed by atoms with Gasteiger partial charge in [0.05, 0.1) is 6.61 Å². The Hall–Kier alpha value is -0.580. The van der Waals surface area contributed by atoms with Crippen LogP contribution >= 0.6 is 15.9 Å². The predicted octanol–water partition coefficient (Wildman–Crippen LogP) is 2.76. The van der Waals surface area contributed by atoms with Crippen LogP contribution in [-0.2, 0) is 4.74 Å². The van der Waals surface area contributed by atoms with Gasteiger partial charge >= 0.3 is 0 Å². The van der Waals surface area contributed by atoms with Crippen molar-refractivity contribution >= 4 is 15.9 Å². The second-order valence-corrected chi connectivity index (χ2v) is 4.89. The molecule has 1 atom stereocenters. The molecule has 0 amide bonds. The molecule has 0 aliphatic rings. The molecule has 0 heterocycles. The van der Waals surface area contributed by atoms with Crippen molar-refractivity contribution in [1.29, 1.82) is 0 Å². The minimum Gasteiger partial charge on any atom is -0.489 e. The molecule has 4 heteroatoms. The second kappa shape index (κ2) is 7.69. The maximum absolute atomic E-state index is 5.81. The van der Waals surface area contributed by atoms with Gasteiger partial charge in [0.25, 0.3) is 0 Å². The zero-order chi connectivity index (χ0) is 12.7. The number of ether oxygens (including phenoxy) is 2. The average molecular weight is 302 g/mol. The zero-order valence-electron chi connectivity index (χ0n) is 10.6. The summed E-state index contributed by atoms with van der Waals surface area (Å²) in [4.78, 5) is 0. The number of halogens is 1. The van der Waals surface area contributed by atoms with Crippen molar-refractivity contribution in [2.75, 3.05) is 26.8 Å². The maximum atomic E-state index is 5.81. The lowest BCUT2D eigenvalue weighted by Gasteiger charge is -2.16. The number of benzene rings is 1. The lowest BCUT2D eigenvalue weighted by molar-refractivity contribution is 0.184. The van der Waals surface area contributed by atoms with Gasteiger partial charge in [-0.1, -0.05) is 15.9 Å². The van der Waals surface area contributed by atoms with Crippen molar-refractivity contribution in [3.05, 3.63) is 28.2 Å². The standard InChI is InChI=1S/C13H20BrNO2/c1-10-8-12(4-5-13(10)14)17-11(2)9-15-6-7-16-3/h4-5,8,11,15H,6-7,9H2,1-3H3. The van der Waals surface area contributed by atoms with E-state index >= 15 is 0 Å². The summed E-state index contributed by atoms with van der Waals surface area (Å²) in [6.45, 7) is 6.50. The van der Waals surface area contributed by atoms with Gasteiger partial charge in [-0.2, -0.15) is 0 Å². The molecule has 1 aromatic rings. The molecule has 0 saturated heterocycles. The van der Waals surface area contributed by atoms with Crippen LogP contribution in [0.25, 0.3) is 0 Å². The molecule has 96 valence electrons. The molecular weight excluding hydrogens is 282 g/mol. The van der Waals surface area contributed by atoms with Gasteiger partial charge in [-0.25, -0.2) is 0 Å². The summed E-state index contributed by atoms with van der Waals surface area (Å²) in [5, 5.41) is 3.27. The molecule has 0 saturated carbocycles. The van der Waals surface area contributed by atoms with E-state index in [1.165, 1.54) is 5.56 Å². The van der Waals surface area contributed by atoms with Crippen LogP contribution in [0.1, 0.15) is 12.5 Å². The molecule has 3 nitrogen and oxygen atoms in total. The zero-order valence-corrected chi connectivity index (χ0v) is 12.2. The van der Waals surface area contributed by atoms with E-state index in [1.54, 1.807) is 7.11 Å². The highest BCUT2D eigenvalue weighted by Gasteiger charge is 2.04. The third kappa shape index (κ3) is 5.52. The van der Waals surface area contributed by atoms with Crippen LogP contribution in [0.2, 0.25) is 0 Å². The quantitative estimate of drug-likeness (QED) is 0.786. The number of nitrogens with one attached hydrogen (secondary N) is 1. The Morgan fingerprint density at radius 3 is 2.82 bits per heavy atom. The van der Waals surface area contributed by atoms with Crippen molar-refractivity contribution in [3.8, 4) is 5.75 Å². The Morgan fingerprint density at radius 2 is 2.18 bits per heavy atom. The van der Waals surface area contributed by atoms with E-state index < -0.39 is 0 Å². The van der Waals surface area contributed by atoms with Crippen molar-refractivity contribution in [3.63, 3.8) is 0 Å². The SMILES string of the molecule is COCCNCC(C)Oc1ccc(Br)c(C)c1. The minimum atomic E-state index is 0.146. The maximum Gasteiger partial charge on any atom is 0.120 e. The first-order valence-electron chi connectivity index (χ1n) is 5.76. The average Bonchev–Trinajstić information content (AvgIpc) is 2.30. The lowest BCUT2D eigenvalue weighted by atomic mass is 10.2. The fourth-order valence-corrected chi connectivity index (χ4v) is 1.69. The molecule has 0 aromatic heterocycles. The third-order valence-electron chi connectivity index (χ3n) is 2.38. The van der Waals surface area contributed by atoms with E-state index in [-0.39, 0.29) is 6.10 Å². The van der Waals surface area contributed by atoms with Crippen molar-refractivity contribution in [1.82, 2.24) is 5.32 Å². The number of methoxy groups -OCH3 is 1. The number of hydrogen-bond acceptors (Lipinski definition) is 3. The number of hydrogen-bond donors (Lipinski definition) is 1. The molecule has 0 aliphatic carbocycles. The van der Waals surface area contributed by atoms with Crippen molar-refractivity contribution in [2.24, 2.45) is 0 Å². The topological polar surface area (TPSA) is 30.5 Å².